The van der Waals surface area contributed by atoms with Gasteiger partial charge >= 0.3 is 0 Å². The van der Waals surface area contributed by atoms with Gasteiger partial charge in [-0.25, -0.2) is 0 Å². The van der Waals surface area contributed by atoms with E-state index in [1.54, 1.807) is 0 Å². The van der Waals surface area contributed by atoms with Crippen LogP contribution in [0.5, 0.6) is 0 Å². The molecule has 2 heteroatoms. The Morgan fingerprint density at radius 3 is 2.43 bits per heavy atom. The van der Waals surface area contributed by atoms with Crippen molar-refractivity contribution >= 4 is 42.6 Å². The quantitative estimate of drug-likeness (QED) is 0.714. The lowest BCUT2D eigenvalue weighted by molar-refractivity contribution is 1.18. The molecular formula is C12H10Br2. The van der Waals surface area contributed by atoms with E-state index in [4.69, 9.17) is 0 Å². The highest BCUT2D eigenvalue weighted by molar-refractivity contribution is 9.10. The fourth-order valence-corrected chi connectivity index (χ4v) is 2.37. The van der Waals surface area contributed by atoms with Crippen molar-refractivity contribution in [1.29, 1.82) is 0 Å². The maximum Gasteiger partial charge on any atom is 0.0181 e. The first-order valence-corrected chi connectivity index (χ1v) is 6.45. The highest BCUT2D eigenvalue weighted by atomic mass is 79.9. The number of alkyl halides is 1. The monoisotopic (exact) mass is 312 g/mol. The molecule has 0 radical (unpaired) electrons. The highest BCUT2D eigenvalue weighted by Crippen LogP contribution is 2.21. The molecule has 0 aliphatic heterocycles. The molecule has 0 unspecified atom stereocenters. The van der Waals surface area contributed by atoms with Crippen molar-refractivity contribution in [3.63, 3.8) is 0 Å². The summed E-state index contributed by atoms with van der Waals surface area (Å²) in [5, 5.41) is 3.62. The fraction of sp³-hybridized carbons (Fsp3) is 0.167. The average molecular weight is 314 g/mol. The summed E-state index contributed by atoms with van der Waals surface area (Å²) in [6.07, 6.45) is 1.09. The van der Waals surface area contributed by atoms with Crippen molar-refractivity contribution in [2.45, 2.75) is 6.42 Å². The Morgan fingerprint density at radius 1 is 0.929 bits per heavy atom. The van der Waals surface area contributed by atoms with Crippen molar-refractivity contribution in [1.82, 2.24) is 0 Å². The maximum absolute atomic E-state index is 3.47. The van der Waals surface area contributed by atoms with Crippen LogP contribution >= 0.6 is 31.9 Å². The number of hydrogen-bond acceptors (Lipinski definition) is 0. The third kappa shape index (κ3) is 2.18. The van der Waals surface area contributed by atoms with Crippen LogP contribution in [0.1, 0.15) is 5.56 Å². The van der Waals surface area contributed by atoms with E-state index in [0.29, 0.717) is 0 Å². The lowest BCUT2D eigenvalue weighted by Gasteiger charge is -2.02. The summed E-state index contributed by atoms with van der Waals surface area (Å²) >= 11 is 6.93. The zero-order valence-corrected chi connectivity index (χ0v) is 10.8. The van der Waals surface area contributed by atoms with Gasteiger partial charge in [0.25, 0.3) is 0 Å². The molecule has 0 heterocycles. The minimum atomic E-state index is 1.02. The second-order valence-corrected chi connectivity index (χ2v) is 4.97. The molecule has 0 atom stereocenters. The van der Waals surface area contributed by atoms with Gasteiger partial charge in [0.1, 0.15) is 0 Å². The number of aryl methyl sites for hydroxylation is 1. The van der Waals surface area contributed by atoms with Gasteiger partial charge in [0.05, 0.1) is 0 Å². The third-order valence-corrected chi connectivity index (χ3v) is 3.14. The molecule has 0 nitrogen and oxygen atoms in total. The van der Waals surface area contributed by atoms with Crippen LogP contribution in [-0.4, -0.2) is 5.33 Å². The smallest absolute Gasteiger partial charge is 0.0181 e. The van der Waals surface area contributed by atoms with Gasteiger partial charge in [0.15, 0.2) is 0 Å². The summed E-state index contributed by atoms with van der Waals surface area (Å²) in [6.45, 7) is 0. The number of halogens is 2. The molecule has 72 valence electrons. The summed E-state index contributed by atoms with van der Waals surface area (Å²) in [7, 11) is 0. The Kier molecular flexibility index (Phi) is 3.24. The normalized spacial score (nSPS) is 10.7. The van der Waals surface area contributed by atoms with E-state index in [0.717, 1.165) is 16.2 Å². The van der Waals surface area contributed by atoms with E-state index in [1.807, 2.05) is 0 Å². The molecular weight excluding hydrogens is 304 g/mol. The minimum absolute atomic E-state index is 1.02. The first kappa shape index (κ1) is 10.2. The molecule has 14 heavy (non-hydrogen) atoms. The van der Waals surface area contributed by atoms with Crippen LogP contribution in [0.25, 0.3) is 10.8 Å². The van der Waals surface area contributed by atoms with Crippen LogP contribution in [0.4, 0.5) is 0 Å². The molecule has 2 aromatic rings. The van der Waals surface area contributed by atoms with Gasteiger partial charge in [0, 0.05) is 9.80 Å². The zero-order valence-electron chi connectivity index (χ0n) is 7.63. The van der Waals surface area contributed by atoms with Gasteiger partial charge in [0.2, 0.25) is 0 Å². The lowest BCUT2D eigenvalue weighted by Crippen LogP contribution is -1.85. The third-order valence-electron chi connectivity index (χ3n) is 2.25. The van der Waals surface area contributed by atoms with Crippen molar-refractivity contribution in [3.8, 4) is 0 Å². The van der Waals surface area contributed by atoms with E-state index < -0.39 is 0 Å². The standard InChI is InChI=1S/C12H10Br2/c13-6-5-9-1-2-11-8-12(14)4-3-10(11)7-9/h1-4,7-8H,5-6H2. The van der Waals surface area contributed by atoms with Gasteiger partial charge < -0.3 is 0 Å². The van der Waals surface area contributed by atoms with Crippen LogP contribution in [0.3, 0.4) is 0 Å². The predicted molar refractivity (Wildman–Crippen MR) is 69.1 cm³/mol. The molecule has 2 aromatic carbocycles. The Morgan fingerprint density at radius 2 is 1.64 bits per heavy atom. The van der Waals surface area contributed by atoms with Crippen LogP contribution < -0.4 is 0 Å². The molecule has 0 saturated carbocycles. The molecule has 0 aliphatic carbocycles. The van der Waals surface area contributed by atoms with Crippen LogP contribution in [0.15, 0.2) is 40.9 Å². The average Bonchev–Trinajstić information content (AvgIpc) is 2.19. The zero-order chi connectivity index (χ0) is 9.97. The van der Waals surface area contributed by atoms with Gasteiger partial charge in [-0.3, -0.25) is 0 Å². The molecule has 0 aliphatic rings. The molecule has 0 saturated heterocycles. The summed E-state index contributed by atoms with van der Waals surface area (Å²) in [5.41, 5.74) is 1.39. The molecule has 0 fully saturated rings. The van der Waals surface area contributed by atoms with Crippen LogP contribution in [-0.2, 0) is 6.42 Å². The molecule has 0 aromatic heterocycles. The Labute approximate surface area is 101 Å². The number of hydrogen-bond donors (Lipinski definition) is 0. The number of benzene rings is 2. The van der Waals surface area contributed by atoms with Gasteiger partial charge in [-0.1, -0.05) is 56.1 Å². The predicted octanol–water partition coefficient (Wildman–Crippen LogP) is 4.54. The summed E-state index contributed by atoms with van der Waals surface area (Å²) in [6, 6.07) is 13.0. The van der Waals surface area contributed by atoms with E-state index >= 15 is 0 Å². The minimum Gasteiger partial charge on any atom is -0.0924 e. The number of rotatable bonds is 2. The van der Waals surface area contributed by atoms with Gasteiger partial charge in [-0.2, -0.15) is 0 Å². The van der Waals surface area contributed by atoms with E-state index in [9.17, 15) is 0 Å². The topological polar surface area (TPSA) is 0 Å². The Bertz CT molecular complexity index is 449. The highest BCUT2D eigenvalue weighted by Gasteiger charge is 1.96. The molecule has 2 rings (SSSR count). The molecule has 0 amide bonds. The summed E-state index contributed by atoms with van der Waals surface area (Å²) < 4.78 is 1.14. The van der Waals surface area contributed by atoms with Crippen molar-refractivity contribution in [3.05, 3.63) is 46.4 Å². The van der Waals surface area contributed by atoms with Gasteiger partial charge in [-0.05, 0) is 34.9 Å². The molecule has 0 bridgehead atoms. The van der Waals surface area contributed by atoms with Crippen molar-refractivity contribution in [2.75, 3.05) is 5.33 Å². The lowest BCUT2D eigenvalue weighted by atomic mass is 10.1. The molecule has 0 N–H and O–H groups in total. The SMILES string of the molecule is BrCCc1ccc2cc(Br)ccc2c1. The largest absolute Gasteiger partial charge is 0.0924 e. The second-order valence-electron chi connectivity index (χ2n) is 3.26. The first-order valence-electron chi connectivity index (χ1n) is 4.54. The van der Waals surface area contributed by atoms with Crippen LogP contribution in [0, 0.1) is 0 Å². The van der Waals surface area contributed by atoms with Crippen LogP contribution in [0.2, 0.25) is 0 Å². The van der Waals surface area contributed by atoms with Crippen molar-refractivity contribution < 1.29 is 0 Å². The first-order chi connectivity index (χ1) is 6.79. The summed E-state index contributed by atoms with van der Waals surface area (Å²) in [4.78, 5) is 0. The Balaban J connectivity index is 2.50. The van der Waals surface area contributed by atoms with Gasteiger partial charge in [-0.15, -0.1) is 0 Å². The number of fused-ring (bicyclic) bond motifs is 1. The summed E-state index contributed by atoms with van der Waals surface area (Å²) in [5.74, 6) is 0. The Hall–Kier alpha value is -0.340. The second kappa shape index (κ2) is 4.45. The molecule has 0 spiro atoms. The fourth-order valence-electron chi connectivity index (χ4n) is 1.53. The van der Waals surface area contributed by atoms with Crippen molar-refractivity contribution in [2.24, 2.45) is 0 Å². The van der Waals surface area contributed by atoms with E-state index in [1.165, 1.54) is 16.3 Å². The van der Waals surface area contributed by atoms with E-state index in [-0.39, 0.29) is 0 Å². The maximum atomic E-state index is 3.47. The van der Waals surface area contributed by atoms with E-state index in [2.05, 4.69) is 68.3 Å².